The number of aliphatic imine (C=N–C) groups is 1. The van der Waals surface area contributed by atoms with Crippen molar-refractivity contribution in [1.82, 2.24) is 25.7 Å². The van der Waals surface area contributed by atoms with Crippen molar-refractivity contribution in [3.05, 3.63) is 41.5 Å². The second-order valence-electron chi connectivity index (χ2n) is 8.60. The van der Waals surface area contributed by atoms with Gasteiger partial charge in [0.05, 0.1) is 19.7 Å². The number of nitrogens with one attached hydrogen (secondary N) is 2. The first-order chi connectivity index (χ1) is 14.4. The Balaban J connectivity index is 1.60. The summed E-state index contributed by atoms with van der Waals surface area (Å²) in [6.07, 6.45) is 2.49. The third kappa shape index (κ3) is 5.72. The third-order valence-electron chi connectivity index (χ3n) is 5.29. The second kappa shape index (κ2) is 9.93. The van der Waals surface area contributed by atoms with Crippen LogP contribution in [0.1, 0.15) is 56.9 Å². The van der Waals surface area contributed by atoms with Crippen LogP contribution >= 0.6 is 0 Å². The zero-order valence-corrected chi connectivity index (χ0v) is 18.7. The quantitative estimate of drug-likeness (QED) is 0.532. The summed E-state index contributed by atoms with van der Waals surface area (Å²) in [6, 6.07) is 8.61. The van der Waals surface area contributed by atoms with Gasteiger partial charge in [0.1, 0.15) is 5.75 Å². The summed E-state index contributed by atoms with van der Waals surface area (Å²) in [4.78, 5) is 11.3. The molecular formula is C22H34N6O2. The van der Waals surface area contributed by atoms with Gasteiger partial charge in [0.25, 0.3) is 0 Å². The maximum absolute atomic E-state index is 5.36. The molecule has 1 atom stereocenters. The number of ether oxygens (including phenoxy) is 1. The van der Waals surface area contributed by atoms with Crippen LogP contribution in [0.2, 0.25) is 0 Å². The molecule has 0 aliphatic carbocycles. The lowest BCUT2D eigenvalue weighted by Crippen LogP contribution is -2.42. The maximum atomic E-state index is 5.36. The normalized spacial score (nSPS) is 16.5. The fourth-order valence-electron chi connectivity index (χ4n) is 3.54. The van der Waals surface area contributed by atoms with Crippen molar-refractivity contribution in [1.29, 1.82) is 0 Å². The summed E-state index contributed by atoms with van der Waals surface area (Å²) >= 11 is 0. The summed E-state index contributed by atoms with van der Waals surface area (Å²) in [5, 5.41) is 10.8. The molecule has 0 radical (unpaired) electrons. The lowest BCUT2D eigenvalue weighted by Gasteiger charge is -2.29. The highest BCUT2D eigenvalue weighted by molar-refractivity contribution is 5.79. The fourth-order valence-corrected chi connectivity index (χ4v) is 3.54. The molecule has 164 valence electrons. The molecule has 0 spiro atoms. The molecule has 0 amide bonds. The van der Waals surface area contributed by atoms with Crippen molar-refractivity contribution in [2.45, 2.75) is 51.6 Å². The Morgan fingerprint density at radius 2 is 1.90 bits per heavy atom. The van der Waals surface area contributed by atoms with Crippen LogP contribution in [0.3, 0.4) is 0 Å². The molecule has 2 aromatic rings. The van der Waals surface area contributed by atoms with Gasteiger partial charge in [-0.15, -0.1) is 0 Å². The predicted octanol–water partition coefficient (Wildman–Crippen LogP) is 2.88. The number of methoxy groups -OCH3 is 1. The van der Waals surface area contributed by atoms with E-state index in [1.54, 1.807) is 14.2 Å². The van der Waals surface area contributed by atoms with Gasteiger partial charge in [0.2, 0.25) is 5.89 Å². The smallest absolute Gasteiger partial charge is 0.232 e. The van der Waals surface area contributed by atoms with Gasteiger partial charge in [-0.2, -0.15) is 4.98 Å². The first-order valence-corrected chi connectivity index (χ1v) is 10.6. The van der Waals surface area contributed by atoms with Crippen LogP contribution in [0.15, 0.2) is 33.8 Å². The largest absolute Gasteiger partial charge is 0.497 e. The molecule has 30 heavy (non-hydrogen) atoms. The number of aromatic nitrogens is 2. The van der Waals surface area contributed by atoms with E-state index in [0.29, 0.717) is 18.3 Å². The van der Waals surface area contributed by atoms with Crippen LogP contribution in [0.5, 0.6) is 5.75 Å². The van der Waals surface area contributed by atoms with Crippen molar-refractivity contribution in [2.75, 3.05) is 33.8 Å². The molecule has 8 nitrogen and oxygen atoms in total. The second-order valence-corrected chi connectivity index (χ2v) is 8.60. The first kappa shape index (κ1) is 22.1. The Bertz CT molecular complexity index is 819. The van der Waals surface area contributed by atoms with E-state index >= 15 is 0 Å². The summed E-state index contributed by atoms with van der Waals surface area (Å²) in [7, 11) is 3.46. The number of benzene rings is 1. The molecule has 1 aromatic heterocycles. The van der Waals surface area contributed by atoms with E-state index in [9.17, 15) is 0 Å². The molecule has 0 saturated carbocycles. The fraction of sp³-hybridized carbons (Fsp3) is 0.591. The minimum Gasteiger partial charge on any atom is -0.497 e. The Kier molecular flexibility index (Phi) is 7.31. The van der Waals surface area contributed by atoms with Crippen LogP contribution in [-0.4, -0.2) is 54.8 Å². The molecule has 2 N–H and O–H groups in total. The maximum Gasteiger partial charge on any atom is 0.232 e. The van der Waals surface area contributed by atoms with E-state index in [4.69, 9.17) is 9.26 Å². The number of guanidine groups is 1. The van der Waals surface area contributed by atoms with E-state index in [1.165, 1.54) is 18.4 Å². The lowest BCUT2D eigenvalue weighted by atomic mass is 9.97. The lowest BCUT2D eigenvalue weighted by molar-refractivity contribution is 0.245. The molecule has 2 heterocycles. The molecule has 1 aliphatic rings. The van der Waals surface area contributed by atoms with Gasteiger partial charge in [-0.3, -0.25) is 9.89 Å². The molecule has 1 fully saturated rings. The average molecular weight is 415 g/mol. The van der Waals surface area contributed by atoms with Crippen LogP contribution in [0.4, 0.5) is 0 Å². The van der Waals surface area contributed by atoms with E-state index in [0.717, 1.165) is 31.3 Å². The summed E-state index contributed by atoms with van der Waals surface area (Å²) in [6.45, 7) is 9.59. The van der Waals surface area contributed by atoms with Gasteiger partial charge in [-0.1, -0.05) is 38.1 Å². The van der Waals surface area contributed by atoms with Crippen molar-refractivity contribution >= 4 is 5.96 Å². The van der Waals surface area contributed by atoms with Gasteiger partial charge in [0.15, 0.2) is 11.8 Å². The zero-order valence-electron chi connectivity index (χ0n) is 18.7. The minimum absolute atomic E-state index is 0.160. The number of rotatable bonds is 7. The summed E-state index contributed by atoms with van der Waals surface area (Å²) in [5.74, 6) is 2.85. The third-order valence-corrected chi connectivity index (χ3v) is 5.29. The highest BCUT2D eigenvalue weighted by Gasteiger charge is 2.24. The molecule has 8 heteroatoms. The summed E-state index contributed by atoms with van der Waals surface area (Å²) < 4.78 is 10.7. The standard InChI is InChI=1S/C22H34N6O2/c1-22(2,3)20-26-19(27-30-20)15-25-21(23-4)24-14-18(28-12-6-7-13-28)16-8-10-17(29-5)11-9-16/h8-11,18H,6-7,12-15H2,1-5H3,(H2,23,24,25). The van der Waals surface area contributed by atoms with Gasteiger partial charge in [-0.25, -0.2) is 0 Å². The molecule has 0 bridgehead atoms. The molecule has 1 aromatic carbocycles. The van der Waals surface area contributed by atoms with Gasteiger partial charge in [0, 0.05) is 19.0 Å². The molecule has 3 rings (SSSR count). The molecule has 1 aliphatic heterocycles. The number of hydrogen-bond acceptors (Lipinski definition) is 6. The minimum atomic E-state index is -0.160. The van der Waals surface area contributed by atoms with Gasteiger partial charge in [-0.05, 0) is 43.6 Å². The van der Waals surface area contributed by atoms with Gasteiger partial charge >= 0.3 is 0 Å². The van der Waals surface area contributed by atoms with Crippen LogP contribution < -0.4 is 15.4 Å². The van der Waals surface area contributed by atoms with Crippen molar-refractivity contribution in [3.8, 4) is 5.75 Å². The topological polar surface area (TPSA) is 87.8 Å². The van der Waals surface area contributed by atoms with Crippen LogP contribution in [0.25, 0.3) is 0 Å². The summed E-state index contributed by atoms with van der Waals surface area (Å²) in [5.41, 5.74) is 1.11. The first-order valence-electron chi connectivity index (χ1n) is 10.6. The van der Waals surface area contributed by atoms with E-state index in [1.807, 2.05) is 12.1 Å². The SMILES string of the molecule is CN=C(NCc1noc(C(C)(C)C)n1)NCC(c1ccc(OC)cc1)N1CCCC1. The number of likely N-dealkylation sites (tertiary alicyclic amines) is 1. The highest BCUT2D eigenvalue weighted by Crippen LogP contribution is 2.26. The van der Waals surface area contributed by atoms with Gasteiger partial charge < -0.3 is 19.9 Å². The van der Waals surface area contributed by atoms with Crippen molar-refractivity contribution in [2.24, 2.45) is 4.99 Å². The monoisotopic (exact) mass is 414 g/mol. The molecular weight excluding hydrogens is 380 g/mol. The number of hydrogen-bond donors (Lipinski definition) is 2. The Morgan fingerprint density at radius 3 is 2.47 bits per heavy atom. The van der Waals surface area contributed by atoms with E-state index in [-0.39, 0.29) is 11.5 Å². The van der Waals surface area contributed by atoms with Crippen molar-refractivity contribution < 1.29 is 9.26 Å². The van der Waals surface area contributed by atoms with Crippen LogP contribution in [0, 0.1) is 0 Å². The molecule has 1 unspecified atom stereocenters. The zero-order chi connectivity index (χ0) is 21.6. The predicted molar refractivity (Wildman–Crippen MR) is 118 cm³/mol. The Labute approximate surface area is 179 Å². The number of nitrogens with zero attached hydrogens (tertiary/aromatic N) is 4. The van der Waals surface area contributed by atoms with Crippen LogP contribution in [-0.2, 0) is 12.0 Å². The molecule has 1 saturated heterocycles. The average Bonchev–Trinajstić information content (AvgIpc) is 3.43. The van der Waals surface area contributed by atoms with Crippen molar-refractivity contribution in [3.63, 3.8) is 0 Å². The Hall–Kier alpha value is -2.61. The van der Waals surface area contributed by atoms with E-state index < -0.39 is 0 Å². The Morgan fingerprint density at radius 1 is 1.20 bits per heavy atom. The highest BCUT2D eigenvalue weighted by atomic mass is 16.5. The van der Waals surface area contributed by atoms with E-state index in [2.05, 4.69) is 63.6 Å².